The number of carbonyl (C=O) groups is 2. The summed E-state index contributed by atoms with van der Waals surface area (Å²) in [5.74, 6) is -2.81. The van der Waals surface area contributed by atoms with E-state index in [4.69, 9.17) is 10.3 Å². The van der Waals surface area contributed by atoms with Crippen LogP contribution in [0, 0.1) is 0 Å². The molecule has 0 atom stereocenters. The number of nitrogens with zero attached hydrogens (tertiary/aromatic N) is 3. The first-order valence-corrected chi connectivity index (χ1v) is 21.3. The molecular weight excluding hydrogens is 777 g/mol. The smallest absolute Gasteiger partial charge is 0.336 e. The van der Waals surface area contributed by atoms with E-state index in [-0.39, 0.29) is 39.3 Å². The molecule has 0 radical (unpaired) electrons. The highest BCUT2D eigenvalue weighted by molar-refractivity contribution is 7.86. The van der Waals surface area contributed by atoms with Crippen molar-refractivity contribution in [2.45, 2.75) is 64.5 Å². The van der Waals surface area contributed by atoms with Crippen LogP contribution in [0.1, 0.15) is 96.3 Å². The summed E-state index contributed by atoms with van der Waals surface area (Å²) in [5.41, 5.74) is 9.34. The molecule has 300 valence electrons. The molecule has 0 saturated carbocycles. The predicted octanol–water partition coefficient (Wildman–Crippen LogP) is 3.23. The number of unbranched alkanes of at least 4 members (excludes halogenated alkanes) is 3. The SMILES string of the molecule is CC1(C)C=C(CS(=O)(=O)[O-])c2cc3c(cc2N1)Oc1cc2c(cc1=C3c1ccc(C(=O)NCCCCCCN=[N+]=[N-])cc1C(=O)O)C(CS(=O)(=O)O)=CC(C)(C)[NH+]=2. The fourth-order valence-corrected chi connectivity index (χ4v) is 8.77. The van der Waals surface area contributed by atoms with Crippen LogP contribution in [0.2, 0.25) is 0 Å². The van der Waals surface area contributed by atoms with Crippen molar-refractivity contribution >= 4 is 54.5 Å². The van der Waals surface area contributed by atoms with Gasteiger partial charge in [0.2, 0.25) is 5.36 Å². The molecule has 1 amide bonds. The standard InChI is InChI=1S/C39H42N6O10S2/c1-38(2)18-23(20-56(49,50)51)26-14-29-33(16-31(26)43-38)55-34-17-32-27(24(21-57(52,53)54)19-39(3,4)44-32)15-30(34)35(29)25-10-9-22(13-28(25)37(47)48)36(46)41-11-7-5-6-8-12-42-45-40/h9-10,13-19,43H,5-8,11-12,20-21H2,1-4H3,(H,41,46)(H,47,48)(H,49,50,51)(H,52,53,54). The lowest BCUT2D eigenvalue weighted by molar-refractivity contribution is -0.568. The number of carbonyl (C=O) groups excluding carboxylic acids is 1. The van der Waals surface area contributed by atoms with Gasteiger partial charge in [0.25, 0.3) is 16.0 Å². The maximum atomic E-state index is 13.2. The Morgan fingerprint density at radius 2 is 1.63 bits per heavy atom. The molecule has 0 fully saturated rings. The number of hydrogen-bond donors (Lipinski definition) is 5. The molecule has 0 saturated heterocycles. The van der Waals surface area contributed by atoms with Gasteiger partial charge in [-0.25, -0.2) is 18.2 Å². The summed E-state index contributed by atoms with van der Waals surface area (Å²) in [6.45, 7) is 7.99. The Balaban J connectivity index is 1.55. The maximum absolute atomic E-state index is 13.2. The summed E-state index contributed by atoms with van der Waals surface area (Å²) >= 11 is 0. The van der Waals surface area contributed by atoms with E-state index in [9.17, 15) is 40.6 Å². The number of hydrogen-bond acceptors (Lipinski definition) is 10. The fraction of sp³-hybridized carbons (Fsp3) is 0.359. The van der Waals surface area contributed by atoms with E-state index in [0.29, 0.717) is 58.0 Å². The highest BCUT2D eigenvalue weighted by Crippen LogP contribution is 2.45. The molecule has 3 aromatic carbocycles. The van der Waals surface area contributed by atoms with Crippen LogP contribution in [-0.2, 0) is 20.2 Å². The highest BCUT2D eigenvalue weighted by atomic mass is 32.2. The average Bonchev–Trinajstić information content (AvgIpc) is 3.08. The van der Waals surface area contributed by atoms with Gasteiger partial charge in [0, 0.05) is 71.1 Å². The third-order valence-electron chi connectivity index (χ3n) is 9.66. The maximum Gasteiger partial charge on any atom is 0.336 e. The normalized spacial score (nSPS) is 16.1. The third kappa shape index (κ3) is 9.55. The zero-order valence-corrected chi connectivity index (χ0v) is 33.3. The summed E-state index contributed by atoms with van der Waals surface area (Å²) in [5, 5.41) is 21.1. The Labute approximate surface area is 329 Å². The van der Waals surface area contributed by atoms with Crippen LogP contribution in [0.15, 0.2) is 59.7 Å². The molecule has 6 rings (SSSR count). The van der Waals surface area contributed by atoms with E-state index in [2.05, 4.69) is 25.7 Å². The minimum atomic E-state index is -4.74. The number of benzene rings is 3. The Morgan fingerprint density at radius 1 is 0.912 bits per heavy atom. The van der Waals surface area contributed by atoms with Gasteiger partial charge in [0.15, 0.2) is 5.54 Å². The van der Waals surface area contributed by atoms with Crippen molar-refractivity contribution in [2.24, 2.45) is 5.11 Å². The van der Waals surface area contributed by atoms with Gasteiger partial charge in [-0.05, 0) is 79.3 Å². The second kappa shape index (κ2) is 15.4. The monoisotopic (exact) mass is 818 g/mol. The molecule has 0 spiro atoms. The number of carboxylic acid groups (broad SMARTS) is 1. The number of anilines is 1. The molecule has 0 aromatic heterocycles. The van der Waals surface area contributed by atoms with Gasteiger partial charge < -0.3 is 25.0 Å². The third-order valence-corrected chi connectivity index (χ3v) is 11.0. The quantitative estimate of drug-likeness (QED) is 0.0406. The molecule has 0 bridgehead atoms. The lowest BCUT2D eigenvalue weighted by Crippen LogP contribution is -2.89. The molecule has 3 aliphatic rings. The van der Waals surface area contributed by atoms with Gasteiger partial charge in [0.1, 0.15) is 17.3 Å². The zero-order chi connectivity index (χ0) is 41.5. The number of fused-ring (bicyclic) bond motifs is 4. The van der Waals surface area contributed by atoms with Crippen molar-refractivity contribution in [3.05, 3.63) is 109 Å². The topological polar surface area (TPSA) is 262 Å². The van der Waals surface area contributed by atoms with Crippen molar-refractivity contribution in [1.29, 1.82) is 0 Å². The van der Waals surface area contributed by atoms with Crippen molar-refractivity contribution in [3.8, 4) is 11.5 Å². The zero-order valence-electron chi connectivity index (χ0n) is 31.7. The van der Waals surface area contributed by atoms with Crippen LogP contribution in [-0.4, -0.2) is 78.6 Å². The van der Waals surface area contributed by atoms with Crippen LogP contribution in [0.3, 0.4) is 0 Å². The lowest BCUT2D eigenvalue weighted by Gasteiger charge is -2.34. The molecule has 3 aromatic rings. The van der Waals surface area contributed by atoms with E-state index in [1.165, 1.54) is 18.2 Å². The van der Waals surface area contributed by atoms with Crippen molar-refractivity contribution in [1.82, 2.24) is 5.32 Å². The minimum absolute atomic E-state index is 0.0885. The van der Waals surface area contributed by atoms with Gasteiger partial charge in [-0.15, -0.1) is 0 Å². The molecule has 18 heteroatoms. The van der Waals surface area contributed by atoms with Crippen LogP contribution < -0.4 is 30.9 Å². The lowest BCUT2D eigenvalue weighted by atomic mass is 9.84. The molecule has 16 nitrogen and oxygen atoms in total. The first kappa shape index (κ1) is 41.1. The van der Waals surface area contributed by atoms with Gasteiger partial charge in [-0.1, -0.05) is 30.1 Å². The van der Waals surface area contributed by atoms with Gasteiger partial charge >= 0.3 is 5.97 Å². The molecule has 0 unspecified atom stereocenters. The second-order valence-corrected chi connectivity index (χ2v) is 18.3. The summed E-state index contributed by atoms with van der Waals surface area (Å²) in [6.07, 6.45) is 6.29. The number of aromatic carboxylic acids is 1. The molecule has 0 aliphatic carbocycles. The van der Waals surface area contributed by atoms with Crippen LogP contribution >= 0.6 is 0 Å². The predicted molar refractivity (Wildman–Crippen MR) is 211 cm³/mol. The number of carboxylic acids is 1. The minimum Gasteiger partial charge on any atom is -0.748 e. The number of azide groups is 1. The number of nitrogens with one attached hydrogen (secondary N) is 3. The van der Waals surface area contributed by atoms with E-state index >= 15 is 0 Å². The number of rotatable bonds is 14. The van der Waals surface area contributed by atoms with Crippen molar-refractivity contribution in [3.63, 3.8) is 0 Å². The van der Waals surface area contributed by atoms with E-state index < -0.39 is 54.7 Å². The highest BCUT2D eigenvalue weighted by Gasteiger charge is 2.34. The molecule has 57 heavy (non-hydrogen) atoms. The summed E-state index contributed by atoms with van der Waals surface area (Å²) in [4.78, 5) is 32.4. The van der Waals surface area contributed by atoms with Gasteiger partial charge in [-0.2, -0.15) is 8.42 Å². The van der Waals surface area contributed by atoms with Crippen molar-refractivity contribution < 1.29 is 50.4 Å². The molecule has 3 heterocycles. The average molecular weight is 819 g/mol. The van der Waals surface area contributed by atoms with Gasteiger partial charge in [0.05, 0.1) is 38.6 Å². The Morgan fingerprint density at radius 3 is 2.32 bits per heavy atom. The molecular formula is C39H42N6O10S2. The summed E-state index contributed by atoms with van der Waals surface area (Å²) in [6, 6.07) is 10.8. The molecule has 5 N–H and O–H groups in total. The number of amides is 1. The van der Waals surface area contributed by atoms with E-state index in [1.807, 2.05) is 27.7 Å². The number of ether oxygens (including phenoxy) is 1. The first-order chi connectivity index (χ1) is 26.6. The van der Waals surface area contributed by atoms with Gasteiger partial charge in [-0.3, -0.25) is 9.35 Å². The van der Waals surface area contributed by atoms with Crippen LogP contribution in [0.4, 0.5) is 5.69 Å². The Kier molecular flexibility index (Phi) is 11.1. The Bertz CT molecular complexity index is 2680. The van der Waals surface area contributed by atoms with E-state index in [0.717, 1.165) is 19.3 Å². The first-order valence-electron chi connectivity index (χ1n) is 18.1. The summed E-state index contributed by atoms with van der Waals surface area (Å²) < 4.78 is 77.1. The fourth-order valence-electron chi connectivity index (χ4n) is 7.52. The van der Waals surface area contributed by atoms with E-state index in [1.54, 1.807) is 36.4 Å². The summed E-state index contributed by atoms with van der Waals surface area (Å²) in [7, 11) is -9.23. The largest absolute Gasteiger partial charge is 0.748 e. The van der Waals surface area contributed by atoms with Crippen LogP contribution in [0.5, 0.6) is 11.5 Å². The van der Waals surface area contributed by atoms with Crippen molar-refractivity contribution in [2.75, 3.05) is 29.9 Å². The van der Waals surface area contributed by atoms with Crippen LogP contribution in [0.25, 0.3) is 27.2 Å². The second-order valence-electron chi connectivity index (χ2n) is 15.4. The molecule has 3 aliphatic heterocycles. The Hall–Kier alpha value is -5.52.